The van der Waals surface area contributed by atoms with Gasteiger partial charge in [-0.1, -0.05) is 6.92 Å². The van der Waals surface area contributed by atoms with E-state index < -0.39 is 0 Å². The Morgan fingerprint density at radius 2 is 2.06 bits per heavy atom. The van der Waals surface area contributed by atoms with E-state index in [0.717, 1.165) is 37.7 Å². The summed E-state index contributed by atoms with van der Waals surface area (Å²) in [7, 11) is 0. The van der Waals surface area contributed by atoms with Crippen molar-refractivity contribution in [2.75, 3.05) is 18.0 Å². The van der Waals surface area contributed by atoms with Crippen LogP contribution in [-0.2, 0) is 6.54 Å². The number of anilines is 1. The summed E-state index contributed by atoms with van der Waals surface area (Å²) in [5.74, 6) is 1.91. The zero-order valence-electron chi connectivity index (χ0n) is 12.3. The summed E-state index contributed by atoms with van der Waals surface area (Å²) in [6, 6.07) is 0.453. The molecule has 0 aromatic carbocycles. The summed E-state index contributed by atoms with van der Waals surface area (Å²) >= 11 is 0. The fourth-order valence-corrected chi connectivity index (χ4v) is 2.02. The number of hydrogen-bond donors (Lipinski definition) is 1. The highest BCUT2D eigenvalue weighted by Gasteiger charge is 2.15. The highest BCUT2D eigenvalue weighted by molar-refractivity contribution is 5.46. The molecule has 0 aliphatic carbocycles. The van der Waals surface area contributed by atoms with Crippen LogP contribution in [0, 0.1) is 6.92 Å². The Kier molecular flexibility index (Phi) is 6.05. The topological polar surface area (TPSA) is 41.1 Å². The molecule has 0 bridgehead atoms. The van der Waals surface area contributed by atoms with Crippen LogP contribution in [0.3, 0.4) is 0 Å². The molecule has 1 heterocycles. The minimum Gasteiger partial charge on any atom is -0.354 e. The monoisotopic (exact) mass is 250 g/mol. The maximum absolute atomic E-state index is 4.62. The third-order valence-electron chi connectivity index (χ3n) is 2.94. The van der Waals surface area contributed by atoms with E-state index in [9.17, 15) is 0 Å². The number of nitrogens with one attached hydrogen (secondary N) is 1. The summed E-state index contributed by atoms with van der Waals surface area (Å²) in [5, 5.41) is 3.42. The van der Waals surface area contributed by atoms with Crippen LogP contribution in [-0.4, -0.2) is 29.1 Å². The molecule has 0 saturated carbocycles. The molecule has 0 radical (unpaired) electrons. The summed E-state index contributed by atoms with van der Waals surface area (Å²) < 4.78 is 0. The third kappa shape index (κ3) is 3.95. The summed E-state index contributed by atoms with van der Waals surface area (Å²) in [5.41, 5.74) is 1.18. The molecule has 0 amide bonds. The van der Waals surface area contributed by atoms with Crippen molar-refractivity contribution in [1.29, 1.82) is 0 Å². The van der Waals surface area contributed by atoms with Crippen LogP contribution in [0.1, 0.15) is 45.5 Å². The molecule has 0 unspecified atom stereocenters. The molecule has 0 fully saturated rings. The molecular weight excluding hydrogens is 224 g/mol. The number of rotatable bonds is 7. The molecule has 18 heavy (non-hydrogen) atoms. The van der Waals surface area contributed by atoms with Crippen molar-refractivity contribution >= 4 is 5.82 Å². The maximum Gasteiger partial charge on any atom is 0.137 e. The van der Waals surface area contributed by atoms with E-state index in [1.807, 2.05) is 13.1 Å². The van der Waals surface area contributed by atoms with Gasteiger partial charge in [0, 0.05) is 30.9 Å². The van der Waals surface area contributed by atoms with Gasteiger partial charge in [-0.3, -0.25) is 0 Å². The van der Waals surface area contributed by atoms with E-state index in [2.05, 4.69) is 47.9 Å². The van der Waals surface area contributed by atoms with Crippen molar-refractivity contribution in [3.63, 3.8) is 0 Å². The lowest BCUT2D eigenvalue weighted by molar-refractivity contribution is 0.650. The van der Waals surface area contributed by atoms with E-state index in [-0.39, 0.29) is 0 Å². The Morgan fingerprint density at radius 1 is 1.33 bits per heavy atom. The zero-order chi connectivity index (χ0) is 13.5. The lowest BCUT2D eigenvalue weighted by atomic mass is 10.2. The largest absolute Gasteiger partial charge is 0.354 e. The predicted octanol–water partition coefficient (Wildman–Crippen LogP) is 2.52. The Hall–Kier alpha value is -1.16. The second-order valence-electron chi connectivity index (χ2n) is 4.82. The first-order valence-electron chi connectivity index (χ1n) is 6.90. The number of nitrogens with zero attached hydrogens (tertiary/aromatic N) is 3. The van der Waals surface area contributed by atoms with Crippen LogP contribution in [0.15, 0.2) is 6.20 Å². The standard InChI is InChI=1S/C14H26N4/c1-6-8-15-9-13-10-16-12(5)17-14(13)18(7-2)11(3)4/h10-11,15H,6-9H2,1-5H3. The molecule has 1 rings (SSSR count). The first kappa shape index (κ1) is 14.9. The number of hydrogen-bond acceptors (Lipinski definition) is 4. The van der Waals surface area contributed by atoms with Crippen molar-refractivity contribution in [3.8, 4) is 0 Å². The van der Waals surface area contributed by atoms with Gasteiger partial charge in [-0.25, -0.2) is 9.97 Å². The van der Waals surface area contributed by atoms with E-state index in [1.165, 1.54) is 5.56 Å². The van der Waals surface area contributed by atoms with Gasteiger partial charge in [0.05, 0.1) is 0 Å². The molecular formula is C14H26N4. The maximum atomic E-state index is 4.62. The highest BCUT2D eigenvalue weighted by atomic mass is 15.2. The minimum absolute atomic E-state index is 0.453. The Morgan fingerprint density at radius 3 is 2.61 bits per heavy atom. The Labute approximate surface area is 111 Å². The van der Waals surface area contributed by atoms with Crippen LogP contribution in [0.4, 0.5) is 5.82 Å². The Balaban J connectivity index is 2.94. The van der Waals surface area contributed by atoms with Crippen LogP contribution in [0.25, 0.3) is 0 Å². The van der Waals surface area contributed by atoms with E-state index >= 15 is 0 Å². The molecule has 1 aromatic rings. The fraction of sp³-hybridized carbons (Fsp3) is 0.714. The first-order chi connectivity index (χ1) is 8.60. The van der Waals surface area contributed by atoms with Gasteiger partial charge in [0.2, 0.25) is 0 Å². The van der Waals surface area contributed by atoms with Crippen molar-refractivity contribution in [2.24, 2.45) is 0 Å². The highest BCUT2D eigenvalue weighted by Crippen LogP contribution is 2.19. The van der Waals surface area contributed by atoms with Gasteiger partial charge in [-0.05, 0) is 40.7 Å². The number of aromatic nitrogens is 2. The SMILES string of the molecule is CCCNCc1cnc(C)nc1N(CC)C(C)C. The molecule has 4 nitrogen and oxygen atoms in total. The lowest BCUT2D eigenvalue weighted by Crippen LogP contribution is -2.33. The van der Waals surface area contributed by atoms with Gasteiger partial charge in [-0.15, -0.1) is 0 Å². The fourth-order valence-electron chi connectivity index (χ4n) is 2.02. The molecule has 0 aliphatic rings. The smallest absolute Gasteiger partial charge is 0.137 e. The van der Waals surface area contributed by atoms with Gasteiger partial charge >= 0.3 is 0 Å². The quantitative estimate of drug-likeness (QED) is 0.755. The average Bonchev–Trinajstić information content (AvgIpc) is 2.32. The zero-order valence-corrected chi connectivity index (χ0v) is 12.3. The average molecular weight is 250 g/mol. The van der Waals surface area contributed by atoms with Gasteiger partial charge in [-0.2, -0.15) is 0 Å². The Bertz CT molecular complexity index is 363. The molecule has 0 aliphatic heterocycles. The molecule has 1 N–H and O–H groups in total. The van der Waals surface area contributed by atoms with Gasteiger partial charge < -0.3 is 10.2 Å². The van der Waals surface area contributed by atoms with Gasteiger partial charge in [0.25, 0.3) is 0 Å². The van der Waals surface area contributed by atoms with Crippen LogP contribution >= 0.6 is 0 Å². The normalized spacial score (nSPS) is 11.0. The van der Waals surface area contributed by atoms with Crippen molar-refractivity contribution < 1.29 is 0 Å². The summed E-state index contributed by atoms with van der Waals surface area (Å²) in [4.78, 5) is 11.3. The van der Waals surface area contributed by atoms with Crippen molar-refractivity contribution in [2.45, 2.75) is 53.6 Å². The van der Waals surface area contributed by atoms with Crippen molar-refractivity contribution in [3.05, 3.63) is 17.6 Å². The van der Waals surface area contributed by atoms with Crippen LogP contribution in [0.2, 0.25) is 0 Å². The molecule has 0 saturated heterocycles. The second-order valence-corrected chi connectivity index (χ2v) is 4.82. The minimum atomic E-state index is 0.453. The molecule has 0 atom stereocenters. The number of aryl methyl sites for hydroxylation is 1. The molecule has 1 aromatic heterocycles. The molecule has 102 valence electrons. The summed E-state index contributed by atoms with van der Waals surface area (Å²) in [6.07, 6.45) is 3.09. The predicted molar refractivity (Wildman–Crippen MR) is 76.9 cm³/mol. The molecule has 0 spiro atoms. The van der Waals surface area contributed by atoms with Gasteiger partial charge in [0.15, 0.2) is 0 Å². The molecule has 4 heteroatoms. The van der Waals surface area contributed by atoms with E-state index in [1.54, 1.807) is 0 Å². The lowest BCUT2D eigenvalue weighted by Gasteiger charge is -2.28. The van der Waals surface area contributed by atoms with Crippen LogP contribution < -0.4 is 10.2 Å². The first-order valence-corrected chi connectivity index (χ1v) is 6.90. The third-order valence-corrected chi connectivity index (χ3v) is 2.94. The van der Waals surface area contributed by atoms with Crippen LogP contribution in [0.5, 0.6) is 0 Å². The van der Waals surface area contributed by atoms with Crippen molar-refractivity contribution in [1.82, 2.24) is 15.3 Å². The van der Waals surface area contributed by atoms with E-state index in [4.69, 9.17) is 0 Å². The second kappa shape index (κ2) is 7.31. The summed E-state index contributed by atoms with van der Waals surface area (Å²) in [6.45, 7) is 13.5. The van der Waals surface area contributed by atoms with Gasteiger partial charge in [0.1, 0.15) is 11.6 Å². The van der Waals surface area contributed by atoms with E-state index in [0.29, 0.717) is 6.04 Å².